The number of carboxylic acids is 1. The molecule has 3 N–H and O–H groups in total. The number of halogens is 1. The first-order valence-corrected chi connectivity index (χ1v) is 12.9. The number of aliphatic carboxylic acids is 1. The molecule has 2 aromatic heterocycles. The highest BCUT2D eigenvalue weighted by Gasteiger charge is 2.24. The standard InChI is InChI=1S/C28H28FN5O3S/c1-4-19-14-21(29)12-17(3)25(19)27(35)32-22(28(36)37)13-18-5-7-20(8-6-18)26-33-24(38-34-26)15-31-23-11-16(2)9-10-30-23/h5-12,14,22H,4,13,15H2,1-3H3,(H,30,31)(H,32,35)(H,36,37). The van der Waals surface area contributed by atoms with Crippen LogP contribution in [0.25, 0.3) is 11.4 Å². The van der Waals surface area contributed by atoms with Crippen molar-refractivity contribution in [2.45, 2.75) is 46.2 Å². The van der Waals surface area contributed by atoms with Crippen LogP contribution in [0.1, 0.15) is 44.5 Å². The third-order valence-corrected chi connectivity index (χ3v) is 6.76. The number of amides is 1. The second kappa shape index (κ2) is 11.9. The van der Waals surface area contributed by atoms with Crippen molar-refractivity contribution in [3.05, 3.63) is 93.4 Å². The highest BCUT2D eigenvalue weighted by atomic mass is 32.1. The van der Waals surface area contributed by atoms with Gasteiger partial charge in [-0.3, -0.25) is 4.79 Å². The Balaban J connectivity index is 1.41. The molecule has 0 bridgehead atoms. The summed E-state index contributed by atoms with van der Waals surface area (Å²) in [5.41, 5.74) is 3.96. The van der Waals surface area contributed by atoms with Crippen LogP contribution in [0.5, 0.6) is 0 Å². The van der Waals surface area contributed by atoms with Gasteiger partial charge in [-0.1, -0.05) is 31.2 Å². The van der Waals surface area contributed by atoms with Gasteiger partial charge in [0.1, 0.15) is 22.7 Å². The molecule has 1 amide bonds. The van der Waals surface area contributed by atoms with Gasteiger partial charge in [-0.2, -0.15) is 4.37 Å². The van der Waals surface area contributed by atoms with Crippen LogP contribution in [0.3, 0.4) is 0 Å². The topological polar surface area (TPSA) is 117 Å². The molecule has 0 saturated carbocycles. The summed E-state index contributed by atoms with van der Waals surface area (Å²) in [6.07, 6.45) is 2.29. The van der Waals surface area contributed by atoms with Crippen molar-refractivity contribution in [2.75, 3.05) is 5.32 Å². The molecule has 1 unspecified atom stereocenters. The lowest BCUT2D eigenvalue weighted by atomic mass is 9.98. The first-order chi connectivity index (χ1) is 18.2. The van der Waals surface area contributed by atoms with Crippen molar-refractivity contribution in [3.8, 4) is 11.4 Å². The van der Waals surface area contributed by atoms with E-state index in [-0.39, 0.29) is 6.42 Å². The van der Waals surface area contributed by atoms with E-state index in [2.05, 4.69) is 25.0 Å². The van der Waals surface area contributed by atoms with Crippen molar-refractivity contribution in [3.63, 3.8) is 0 Å². The number of pyridine rings is 1. The van der Waals surface area contributed by atoms with Crippen molar-refractivity contribution >= 4 is 29.2 Å². The number of carbonyl (C=O) groups is 2. The predicted molar refractivity (Wildman–Crippen MR) is 145 cm³/mol. The van der Waals surface area contributed by atoms with Gasteiger partial charge < -0.3 is 15.7 Å². The first kappa shape index (κ1) is 26.9. The molecule has 2 aromatic carbocycles. The van der Waals surface area contributed by atoms with Gasteiger partial charge in [0.2, 0.25) is 0 Å². The maximum absolute atomic E-state index is 13.8. The average molecular weight is 534 g/mol. The van der Waals surface area contributed by atoms with Gasteiger partial charge in [0.25, 0.3) is 5.91 Å². The van der Waals surface area contributed by atoms with E-state index in [1.807, 2.05) is 38.1 Å². The van der Waals surface area contributed by atoms with Crippen LogP contribution < -0.4 is 10.6 Å². The summed E-state index contributed by atoms with van der Waals surface area (Å²) in [7, 11) is 0. The molecule has 38 heavy (non-hydrogen) atoms. The van der Waals surface area contributed by atoms with E-state index in [1.54, 1.807) is 25.3 Å². The van der Waals surface area contributed by atoms with E-state index < -0.39 is 23.7 Å². The van der Waals surface area contributed by atoms with E-state index in [0.717, 1.165) is 27.5 Å². The molecule has 10 heteroatoms. The Morgan fingerprint density at radius 2 is 1.87 bits per heavy atom. The number of hydrogen-bond acceptors (Lipinski definition) is 7. The lowest BCUT2D eigenvalue weighted by molar-refractivity contribution is -0.139. The Labute approximate surface area is 224 Å². The zero-order chi connectivity index (χ0) is 27.2. The summed E-state index contributed by atoms with van der Waals surface area (Å²) in [5, 5.41) is 16.4. The monoisotopic (exact) mass is 533 g/mol. The van der Waals surface area contributed by atoms with Gasteiger partial charge in [0.05, 0.1) is 6.54 Å². The molecule has 8 nitrogen and oxygen atoms in total. The minimum absolute atomic E-state index is 0.0895. The summed E-state index contributed by atoms with van der Waals surface area (Å²) >= 11 is 1.30. The van der Waals surface area contributed by atoms with Crippen molar-refractivity contribution in [1.82, 2.24) is 19.7 Å². The van der Waals surface area contributed by atoms with Crippen molar-refractivity contribution in [2.24, 2.45) is 0 Å². The van der Waals surface area contributed by atoms with Crippen LogP contribution in [0.2, 0.25) is 0 Å². The van der Waals surface area contributed by atoms with Gasteiger partial charge in [-0.05, 0) is 78.3 Å². The second-order valence-corrected chi connectivity index (χ2v) is 9.80. The number of rotatable bonds is 10. The fourth-order valence-electron chi connectivity index (χ4n) is 4.12. The summed E-state index contributed by atoms with van der Waals surface area (Å²) in [6, 6.07) is 12.6. The highest BCUT2D eigenvalue weighted by Crippen LogP contribution is 2.21. The molecular weight excluding hydrogens is 505 g/mol. The van der Waals surface area contributed by atoms with E-state index in [1.165, 1.54) is 23.7 Å². The predicted octanol–water partition coefficient (Wildman–Crippen LogP) is 4.96. The fraction of sp³-hybridized carbons (Fsp3) is 0.250. The second-order valence-electron chi connectivity index (χ2n) is 8.96. The van der Waals surface area contributed by atoms with Gasteiger partial charge in [-0.25, -0.2) is 19.2 Å². The molecule has 0 aliphatic rings. The summed E-state index contributed by atoms with van der Waals surface area (Å²) in [5.74, 6) is -0.755. The van der Waals surface area contributed by atoms with Crippen molar-refractivity contribution < 1.29 is 19.1 Å². The zero-order valence-electron chi connectivity index (χ0n) is 21.3. The molecule has 0 radical (unpaired) electrons. The summed E-state index contributed by atoms with van der Waals surface area (Å²) in [4.78, 5) is 33.7. The van der Waals surface area contributed by atoms with Crippen LogP contribution in [-0.4, -0.2) is 37.4 Å². The van der Waals surface area contributed by atoms with Crippen LogP contribution in [-0.2, 0) is 24.2 Å². The summed E-state index contributed by atoms with van der Waals surface area (Å²) < 4.78 is 18.2. The van der Waals surface area contributed by atoms with Crippen LogP contribution in [0, 0.1) is 19.7 Å². The van der Waals surface area contributed by atoms with E-state index in [4.69, 9.17) is 0 Å². The fourth-order valence-corrected chi connectivity index (χ4v) is 4.72. The molecule has 0 fully saturated rings. The Bertz CT molecular complexity index is 1460. The van der Waals surface area contributed by atoms with Gasteiger partial charge >= 0.3 is 5.97 Å². The number of anilines is 1. The lowest BCUT2D eigenvalue weighted by Crippen LogP contribution is -2.42. The number of aromatic nitrogens is 3. The molecule has 2 heterocycles. The molecule has 0 saturated heterocycles. The molecule has 4 aromatic rings. The smallest absolute Gasteiger partial charge is 0.326 e. The number of nitrogens with zero attached hydrogens (tertiary/aromatic N) is 3. The third-order valence-electron chi connectivity index (χ3n) is 6.05. The lowest BCUT2D eigenvalue weighted by Gasteiger charge is -2.17. The molecule has 196 valence electrons. The van der Waals surface area contributed by atoms with E-state index in [9.17, 15) is 19.1 Å². The third kappa shape index (κ3) is 6.57. The number of aryl methyl sites for hydroxylation is 3. The number of carboxylic acid groups (broad SMARTS) is 1. The first-order valence-electron chi connectivity index (χ1n) is 12.1. The largest absolute Gasteiger partial charge is 0.480 e. The van der Waals surface area contributed by atoms with E-state index in [0.29, 0.717) is 35.5 Å². The minimum atomic E-state index is -1.15. The normalized spacial score (nSPS) is 11.7. The Morgan fingerprint density at radius 1 is 1.11 bits per heavy atom. The average Bonchev–Trinajstić information content (AvgIpc) is 3.36. The summed E-state index contributed by atoms with van der Waals surface area (Å²) in [6.45, 7) is 5.96. The number of benzene rings is 2. The van der Waals surface area contributed by atoms with E-state index >= 15 is 0 Å². The highest BCUT2D eigenvalue weighted by molar-refractivity contribution is 7.05. The van der Waals surface area contributed by atoms with Gasteiger partial charge in [0, 0.05) is 23.7 Å². The Morgan fingerprint density at radius 3 is 2.55 bits per heavy atom. The Hall–Kier alpha value is -4.18. The molecule has 0 aliphatic heterocycles. The maximum Gasteiger partial charge on any atom is 0.326 e. The van der Waals surface area contributed by atoms with Gasteiger partial charge in [-0.15, -0.1) is 0 Å². The zero-order valence-corrected chi connectivity index (χ0v) is 22.1. The minimum Gasteiger partial charge on any atom is -0.480 e. The van der Waals surface area contributed by atoms with Crippen molar-refractivity contribution in [1.29, 1.82) is 0 Å². The Kier molecular flexibility index (Phi) is 8.42. The quantitative estimate of drug-likeness (QED) is 0.264. The molecule has 0 aliphatic carbocycles. The molecule has 1 atom stereocenters. The SMILES string of the molecule is CCc1cc(F)cc(C)c1C(=O)NC(Cc1ccc(-c2nsc(CNc3cc(C)ccn3)n2)cc1)C(=O)O. The molecule has 4 rings (SSSR count). The van der Waals surface area contributed by atoms with Crippen LogP contribution >= 0.6 is 11.5 Å². The number of nitrogens with one attached hydrogen (secondary N) is 2. The number of carbonyl (C=O) groups excluding carboxylic acids is 1. The number of hydrogen-bond donors (Lipinski definition) is 3. The molecule has 0 spiro atoms. The van der Waals surface area contributed by atoms with Crippen LogP contribution in [0.4, 0.5) is 10.2 Å². The maximum atomic E-state index is 13.8. The molecular formula is C28H28FN5O3S. The van der Waals surface area contributed by atoms with Crippen LogP contribution in [0.15, 0.2) is 54.7 Å². The van der Waals surface area contributed by atoms with Gasteiger partial charge in [0.15, 0.2) is 5.82 Å².